The Morgan fingerprint density at radius 1 is 1.57 bits per heavy atom. The minimum atomic E-state index is 0.257. The maximum atomic E-state index is 8.79. The van der Waals surface area contributed by atoms with Crippen LogP contribution in [0.3, 0.4) is 0 Å². The van der Waals surface area contributed by atoms with Crippen LogP contribution in [0.1, 0.15) is 19.8 Å². The lowest BCUT2D eigenvalue weighted by molar-refractivity contribution is 0.261. The Hall–Kier alpha value is -0.870. The first kappa shape index (κ1) is 11.2. The number of aliphatic hydroxyl groups excluding tert-OH is 1. The van der Waals surface area contributed by atoms with E-state index in [-0.39, 0.29) is 6.61 Å². The predicted octanol–water partition coefficient (Wildman–Crippen LogP) is 0.634. The summed E-state index contributed by atoms with van der Waals surface area (Å²) in [4.78, 5) is 0. The van der Waals surface area contributed by atoms with E-state index in [0.29, 0.717) is 6.04 Å². The minimum absolute atomic E-state index is 0.257. The van der Waals surface area contributed by atoms with Gasteiger partial charge in [0.05, 0.1) is 6.54 Å². The summed E-state index contributed by atoms with van der Waals surface area (Å²) >= 11 is 0. The second-order valence-corrected chi connectivity index (χ2v) is 3.34. The summed E-state index contributed by atoms with van der Waals surface area (Å²) in [5, 5.41) is 16.3. The van der Waals surface area contributed by atoms with Crippen molar-refractivity contribution in [2.45, 2.75) is 32.4 Å². The molecule has 0 aliphatic heterocycles. The zero-order chi connectivity index (χ0) is 10.2. The fraction of sp³-hybridized carbons (Fsp3) is 0.700. The molecule has 1 rings (SSSR count). The Kier molecular flexibility index (Phi) is 5.25. The van der Waals surface area contributed by atoms with Crippen molar-refractivity contribution in [1.29, 1.82) is 0 Å². The molecule has 0 aliphatic carbocycles. The van der Waals surface area contributed by atoms with Crippen molar-refractivity contribution in [1.82, 2.24) is 15.1 Å². The van der Waals surface area contributed by atoms with E-state index in [9.17, 15) is 0 Å². The standard InChI is InChI=1S/C10H19N3O/c1-2-10(4-9-14)11-6-8-13-7-3-5-12-13/h3,5,7,10-11,14H,2,4,6,8-9H2,1H3. The summed E-state index contributed by atoms with van der Waals surface area (Å²) in [6.07, 6.45) is 5.62. The van der Waals surface area contributed by atoms with Gasteiger partial charge in [0.1, 0.15) is 0 Å². The van der Waals surface area contributed by atoms with Crippen molar-refractivity contribution >= 4 is 0 Å². The zero-order valence-corrected chi connectivity index (χ0v) is 8.69. The first-order valence-corrected chi connectivity index (χ1v) is 5.18. The summed E-state index contributed by atoms with van der Waals surface area (Å²) in [6.45, 7) is 4.17. The summed E-state index contributed by atoms with van der Waals surface area (Å²) in [6, 6.07) is 2.35. The van der Waals surface area contributed by atoms with E-state index in [1.165, 1.54) is 0 Å². The lowest BCUT2D eigenvalue weighted by Crippen LogP contribution is -2.32. The molecule has 0 spiro atoms. The van der Waals surface area contributed by atoms with Gasteiger partial charge in [-0.05, 0) is 18.9 Å². The van der Waals surface area contributed by atoms with Crippen LogP contribution in [0.15, 0.2) is 18.5 Å². The van der Waals surface area contributed by atoms with Gasteiger partial charge in [-0.1, -0.05) is 6.92 Å². The molecule has 0 radical (unpaired) electrons. The maximum absolute atomic E-state index is 8.79. The van der Waals surface area contributed by atoms with Crippen LogP contribution >= 0.6 is 0 Å². The molecule has 1 atom stereocenters. The zero-order valence-electron chi connectivity index (χ0n) is 8.69. The second kappa shape index (κ2) is 6.56. The maximum Gasteiger partial charge on any atom is 0.0534 e. The van der Waals surface area contributed by atoms with E-state index in [2.05, 4.69) is 17.3 Å². The van der Waals surface area contributed by atoms with Crippen molar-refractivity contribution in [2.24, 2.45) is 0 Å². The van der Waals surface area contributed by atoms with Gasteiger partial charge in [-0.25, -0.2) is 0 Å². The van der Waals surface area contributed by atoms with Crippen molar-refractivity contribution < 1.29 is 5.11 Å². The molecule has 0 fully saturated rings. The smallest absolute Gasteiger partial charge is 0.0534 e. The highest BCUT2D eigenvalue weighted by molar-refractivity contribution is 4.78. The van der Waals surface area contributed by atoms with Gasteiger partial charge in [0.15, 0.2) is 0 Å². The molecule has 1 unspecified atom stereocenters. The van der Waals surface area contributed by atoms with Crippen LogP contribution in [0.2, 0.25) is 0 Å². The fourth-order valence-electron chi connectivity index (χ4n) is 1.42. The van der Waals surface area contributed by atoms with Gasteiger partial charge in [-0.3, -0.25) is 4.68 Å². The third-order valence-electron chi connectivity index (χ3n) is 2.30. The summed E-state index contributed by atoms with van der Waals surface area (Å²) in [5.41, 5.74) is 0. The highest BCUT2D eigenvalue weighted by Gasteiger charge is 2.03. The molecule has 1 aromatic heterocycles. The predicted molar refractivity (Wildman–Crippen MR) is 56.0 cm³/mol. The van der Waals surface area contributed by atoms with Crippen LogP contribution in [0.5, 0.6) is 0 Å². The molecule has 1 heterocycles. The number of nitrogens with zero attached hydrogens (tertiary/aromatic N) is 2. The molecule has 0 amide bonds. The van der Waals surface area contributed by atoms with Crippen molar-refractivity contribution in [2.75, 3.05) is 13.2 Å². The molecule has 4 heteroatoms. The number of nitrogens with one attached hydrogen (secondary N) is 1. The van der Waals surface area contributed by atoms with E-state index in [1.54, 1.807) is 6.20 Å². The Morgan fingerprint density at radius 3 is 3.00 bits per heavy atom. The van der Waals surface area contributed by atoms with Crippen molar-refractivity contribution in [3.63, 3.8) is 0 Å². The molecular weight excluding hydrogens is 178 g/mol. The van der Waals surface area contributed by atoms with Gasteiger partial charge in [0.25, 0.3) is 0 Å². The summed E-state index contributed by atoms with van der Waals surface area (Å²) in [7, 11) is 0. The normalized spacial score (nSPS) is 13.0. The van der Waals surface area contributed by atoms with Crippen molar-refractivity contribution in [3.05, 3.63) is 18.5 Å². The van der Waals surface area contributed by atoms with Gasteiger partial charge < -0.3 is 10.4 Å². The molecule has 0 saturated carbocycles. The summed E-state index contributed by atoms with van der Waals surface area (Å²) in [5.74, 6) is 0. The molecule has 0 bridgehead atoms. The molecule has 0 aromatic carbocycles. The van der Waals surface area contributed by atoms with Crippen LogP contribution < -0.4 is 5.32 Å². The molecule has 0 saturated heterocycles. The highest BCUT2D eigenvalue weighted by atomic mass is 16.3. The number of hydrogen-bond donors (Lipinski definition) is 2. The topological polar surface area (TPSA) is 50.1 Å². The third kappa shape index (κ3) is 3.89. The first-order valence-electron chi connectivity index (χ1n) is 5.18. The molecule has 1 aromatic rings. The fourth-order valence-corrected chi connectivity index (χ4v) is 1.42. The molecule has 80 valence electrons. The van der Waals surface area contributed by atoms with E-state index >= 15 is 0 Å². The molecule has 4 nitrogen and oxygen atoms in total. The Bertz CT molecular complexity index is 223. The van der Waals surface area contributed by atoms with E-state index in [4.69, 9.17) is 5.11 Å². The molecular formula is C10H19N3O. The SMILES string of the molecule is CCC(CCO)NCCn1cccn1. The highest BCUT2D eigenvalue weighted by Crippen LogP contribution is 1.95. The number of hydrogen-bond acceptors (Lipinski definition) is 3. The summed E-state index contributed by atoms with van der Waals surface area (Å²) < 4.78 is 1.90. The van der Waals surface area contributed by atoms with Crippen LogP contribution in [-0.2, 0) is 6.54 Å². The van der Waals surface area contributed by atoms with Crippen LogP contribution in [0, 0.1) is 0 Å². The van der Waals surface area contributed by atoms with Crippen LogP contribution in [0.25, 0.3) is 0 Å². The Balaban J connectivity index is 2.13. The third-order valence-corrected chi connectivity index (χ3v) is 2.30. The number of aliphatic hydroxyl groups is 1. The minimum Gasteiger partial charge on any atom is -0.396 e. The lowest BCUT2D eigenvalue weighted by atomic mass is 10.1. The number of rotatable bonds is 7. The number of aromatic nitrogens is 2. The second-order valence-electron chi connectivity index (χ2n) is 3.34. The molecule has 0 aliphatic rings. The molecule has 2 N–H and O–H groups in total. The van der Waals surface area contributed by atoms with E-state index in [0.717, 1.165) is 25.9 Å². The van der Waals surface area contributed by atoms with Crippen molar-refractivity contribution in [3.8, 4) is 0 Å². The van der Waals surface area contributed by atoms with Gasteiger partial charge in [-0.2, -0.15) is 5.10 Å². The first-order chi connectivity index (χ1) is 6.86. The van der Waals surface area contributed by atoms with Gasteiger partial charge >= 0.3 is 0 Å². The van der Waals surface area contributed by atoms with E-state index in [1.807, 2.05) is 16.9 Å². The quantitative estimate of drug-likeness (QED) is 0.674. The monoisotopic (exact) mass is 197 g/mol. The molecule has 14 heavy (non-hydrogen) atoms. The Morgan fingerprint density at radius 2 is 2.43 bits per heavy atom. The van der Waals surface area contributed by atoms with Gasteiger partial charge in [0, 0.05) is 31.6 Å². The van der Waals surface area contributed by atoms with Gasteiger partial charge in [0.2, 0.25) is 0 Å². The van der Waals surface area contributed by atoms with Crippen LogP contribution in [0.4, 0.5) is 0 Å². The average molecular weight is 197 g/mol. The van der Waals surface area contributed by atoms with Gasteiger partial charge in [-0.15, -0.1) is 0 Å². The van der Waals surface area contributed by atoms with E-state index < -0.39 is 0 Å². The lowest BCUT2D eigenvalue weighted by Gasteiger charge is -2.15. The largest absolute Gasteiger partial charge is 0.396 e. The van der Waals surface area contributed by atoms with Crippen LogP contribution in [-0.4, -0.2) is 34.1 Å². The average Bonchev–Trinajstić information content (AvgIpc) is 2.69. The Labute approximate surface area is 84.9 Å².